The second kappa shape index (κ2) is 11.1. The largest absolute Gasteiger partial charge is 0.351 e. The van der Waals surface area contributed by atoms with E-state index in [9.17, 15) is 4.79 Å². The Morgan fingerprint density at radius 1 is 1.52 bits per heavy atom. The van der Waals surface area contributed by atoms with E-state index >= 15 is 0 Å². The molecule has 0 unspecified atom stereocenters. The molecule has 1 aromatic rings. The first kappa shape index (κ1) is 22.5. The third kappa shape index (κ3) is 6.12. The van der Waals surface area contributed by atoms with Crippen molar-refractivity contribution >= 4 is 42.5 Å². The zero-order valence-electron chi connectivity index (χ0n) is 13.6. The van der Waals surface area contributed by atoms with Crippen molar-refractivity contribution in [2.24, 2.45) is 5.73 Å². The third-order valence-electron chi connectivity index (χ3n) is 3.75. The summed E-state index contributed by atoms with van der Waals surface area (Å²) in [5, 5.41) is 6.30. The van der Waals surface area contributed by atoms with Gasteiger partial charge in [-0.1, -0.05) is 6.92 Å². The lowest BCUT2D eigenvalue weighted by atomic mass is 9.96. The Kier molecular flexibility index (Phi) is 10.8. The lowest BCUT2D eigenvalue weighted by molar-refractivity contribution is -0.122. The Hall–Kier alpha value is -0.530. The van der Waals surface area contributed by atoms with Gasteiger partial charge in [0.25, 0.3) is 0 Å². The van der Waals surface area contributed by atoms with Crippen molar-refractivity contribution in [3.8, 4) is 0 Å². The van der Waals surface area contributed by atoms with Gasteiger partial charge in [-0.25, -0.2) is 0 Å². The standard InChI is InChI=1S/C15H24N4OS.2ClH/c1-3-21-9-14(16)15(20)19-8-13-10(2)18-7-11-6-17-5-4-12(11)13;;/h7,14,17H,3-6,8-9,16H2,1-2H3,(H,19,20);2*1H/t14-;;/m0../s1. The molecule has 1 aliphatic rings. The summed E-state index contributed by atoms with van der Waals surface area (Å²) < 4.78 is 0. The SMILES string of the molecule is CCSC[C@H](N)C(=O)NCc1c(C)ncc2c1CCNC2.Cl.Cl. The number of amides is 1. The van der Waals surface area contributed by atoms with E-state index in [0.717, 1.165) is 36.5 Å². The van der Waals surface area contributed by atoms with E-state index in [1.807, 2.05) is 13.1 Å². The van der Waals surface area contributed by atoms with Crippen molar-refractivity contribution in [2.45, 2.75) is 39.4 Å². The predicted molar refractivity (Wildman–Crippen MR) is 102 cm³/mol. The number of aryl methyl sites for hydroxylation is 1. The van der Waals surface area contributed by atoms with Crippen LogP contribution in [0.15, 0.2) is 6.20 Å². The zero-order chi connectivity index (χ0) is 15.2. The Morgan fingerprint density at radius 2 is 2.26 bits per heavy atom. The lowest BCUT2D eigenvalue weighted by Gasteiger charge is -2.22. The van der Waals surface area contributed by atoms with Gasteiger partial charge in [0, 0.05) is 30.7 Å². The first-order valence-electron chi connectivity index (χ1n) is 7.41. The molecule has 23 heavy (non-hydrogen) atoms. The fourth-order valence-corrected chi connectivity index (χ4v) is 3.15. The van der Waals surface area contributed by atoms with E-state index in [-0.39, 0.29) is 30.7 Å². The molecule has 0 saturated heterocycles. The van der Waals surface area contributed by atoms with Gasteiger partial charge in [0.1, 0.15) is 0 Å². The van der Waals surface area contributed by atoms with Gasteiger partial charge in [-0.15, -0.1) is 24.8 Å². The van der Waals surface area contributed by atoms with Gasteiger partial charge in [-0.3, -0.25) is 9.78 Å². The van der Waals surface area contributed by atoms with Crippen molar-refractivity contribution in [3.05, 3.63) is 28.6 Å². The molecule has 0 radical (unpaired) electrons. The highest BCUT2D eigenvalue weighted by Crippen LogP contribution is 2.20. The van der Waals surface area contributed by atoms with Gasteiger partial charge in [-0.2, -0.15) is 11.8 Å². The molecule has 0 aliphatic carbocycles. The number of rotatable bonds is 6. The normalized spacial score (nSPS) is 14.0. The summed E-state index contributed by atoms with van der Waals surface area (Å²) in [6.45, 7) is 6.41. The maximum Gasteiger partial charge on any atom is 0.238 e. The number of thioether (sulfide) groups is 1. The van der Waals surface area contributed by atoms with Gasteiger partial charge >= 0.3 is 0 Å². The highest BCUT2D eigenvalue weighted by Gasteiger charge is 2.18. The number of halogens is 2. The number of hydrogen-bond donors (Lipinski definition) is 3. The molecule has 0 aromatic carbocycles. The first-order valence-corrected chi connectivity index (χ1v) is 8.57. The quantitative estimate of drug-likeness (QED) is 0.697. The minimum Gasteiger partial charge on any atom is -0.351 e. The molecule has 1 aliphatic heterocycles. The molecule has 0 saturated carbocycles. The number of fused-ring (bicyclic) bond motifs is 1. The number of carbonyl (C=O) groups is 1. The van der Waals surface area contributed by atoms with Crippen LogP contribution in [-0.4, -0.2) is 35.0 Å². The van der Waals surface area contributed by atoms with Crippen molar-refractivity contribution in [1.29, 1.82) is 0 Å². The second-order valence-electron chi connectivity index (χ2n) is 5.24. The smallest absolute Gasteiger partial charge is 0.238 e. The molecule has 2 rings (SSSR count). The van der Waals surface area contributed by atoms with Gasteiger partial charge in [-0.05, 0) is 42.3 Å². The molecule has 1 aromatic heterocycles. The Bertz CT molecular complexity index is 516. The van der Waals surface area contributed by atoms with Crippen molar-refractivity contribution in [2.75, 3.05) is 18.1 Å². The number of pyridine rings is 1. The average molecular weight is 381 g/mol. The van der Waals surface area contributed by atoms with Crippen molar-refractivity contribution in [1.82, 2.24) is 15.6 Å². The van der Waals surface area contributed by atoms with Crippen LogP contribution in [0.5, 0.6) is 0 Å². The van der Waals surface area contributed by atoms with Crippen molar-refractivity contribution < 1.29 is 4.79 Å². The van der Waals surface area contributed by atoms with Gasteiger partial charge in [0.2, 0.25) is 5.91 Å². The molecule has 0 spiro atoms. The Balaban J connectivity index is 0.00000242. The van der Waals surface area contributed by atoms with Crippen LogP contribution in [-0.2, 0) is 24.3 Å². The zero-order valence-corrected chi connectivity index (χ0v) is 16.0. The Morgan fingerprint density at radius 3 is 2.96 bits per heavy atom. The highest BCUT2D eigenvalue weighted by atomic mass is 35.5. The molecule has 132 valence electrons. The van der Waals surface area contributed by atoms with Crippen LogP contribution in [0.4, 0.5) is 0 Å². The molecular formula is C15H26Cl2N4OS. The minimum absolute atomic E-state index is 0. The van der Waals surface area contributed by atoms with E-state index in [2.05, 4.69) is 22.5 Å². The second-order valence-corrected chi connectivity index (χ2v) is 6.56. The summed E-state index contributed by atoms with van der Waals surface area (Å²) >= 11 is 1.69. The molecule has 1 atom stereocenters. The third-order valence-corrected chi connectivity index (χ3v) is 4.75. The summed E-state index contributed by atoms with van der Waals surface area (Å²) in [4.78, 5) is 16.5. The van der Waals surface area contributed by atoms with Crippen LogP contribution in [0.25, 0.3) is 0 Å². The predicted octanol–water partition coefficient (Wildman–Crippen LogP) is 1.58. The maximum absolute atomic E-state index is 12.0. The van der Waals surface area contributed by atoms with Gasteiger partial charge < -0.3 is 16.4 Å². The number of nitrogens with two attached hydrogens (primary N) is 1. The maximum atomic E-state index is 12.0. The highest BCUT2D eigenvalue weighted by molar-refractivity contribution is 7.99. The lowest BCUT2D eigenvalue weighted by Crippen LogP contribution is -2.42. The van der Waals surface area contributed by atoms with Crippen LogP contribution >= 0.6 is 36.6 Å². The number of hydrogen-bond acceptors (Lipinski definition) is 5. The monoisotopic (exact) mass is 380 g/mol. The van der Waals surface area contributed by atoms with E-state index in [1.165, 1.54) is 11.1 Å². The number of nitrogens with one attached hydrogen (secondary N) is 2. The molecule has 8 heteroatoms. The summed E-state index contributed by atoms with van der Waals surface area (Å²) in [6, 6.07) is -0.440. The molecule has 1 amide bonds. The molecule has 0 bridgehead atoms. The van der Waals surface area contributed by atoms with E-state index in [1.54, 1.807) is 11.8 Å². The number of nitrogens with zero attached hydrogens (tertiary/aromatic N) is 1. The van der Waals surface area contributed by atoms with E-state index in [0.29, 0.717) is 12.3 Å². The van der Waals surface area contributed by atoms with E-state index < -0.39 is 6.04 Å². The topological polar surface area (TPSA) is 80.0 Å². The molecule has 2 heterocycles. The molecular weight excluding hydrogens is 355 g/mol. The summed E-state index contributed by atoms with van der Waals surface area (Å²) in [6.07, 6.45) is 2.92. The fraction of sp³-hybridized carbons (Fsp3) is 0.600. The van der Waals surface area contributed by atoms with Gasteiger partial charge in [0.15, 0.2) is 0 Å². The molecule has 0 fully saturated rings. The number of aromatic nitrogens is 1. The molecule has 5 nitrogen and oxygen atoms in total. The fourth-order valence-electron chi connectivity index (χ4n) is 2.50. The van der Waals surface area contributed by atoms with Crippen LogP contribution in [0, 0.1) is 6.92 Å². The summed E-state index contributed by atoms with van der Waals surface area (Å²) in [7, 11) is 0. The summed E-state index contributed by atoms with van der Waals surface area (Å²) in [5.41, 5.74) is 10.6. The van der Waals surface area contributed by atoms with Crippen LogP contribution < -0.4 is 16.4 Å². The van der Waals surface area contributed by atoms with E-state index in [4.69, 9.17) is 5.73 Å². The van der Waals surface area contributed by atoms with Crippen molar-refractivity contribution in [3.63, 3.8) is 0 Å². The molecule has 4 N–H and O–H groups in total. The van der Waals surface area contributed by atoms with Crippen LogP contribution in [0.3, 0.4) is 0 Å². The van der Waals surface area contributed by atoms with Crippen LogP contribution in [0.2, 0.25) is 0 Å². The Labute approximate surface area is 154 Å². The summed E-state index contributed by atoms with van der Waals surface area (Å²) in [5.74, 6) is 1.56. The number of carbonyl (C=O) groups excluding carboxylic acids is 1. The van der Waals surface area contributed by atoms with Gasteiger partial charge in [0.05, 0.1) is 6.04 Å². The average Bonchev–Trinajstić information content (AvgIpc) is 2.51. The van der Waals surface area contributed by atoms with Crippen LogP contribution in [0.1, 0.15) is 29.3 Å². The minimum atomic E-state index is -0.440. The first-order chi connectivity index (χ1) is 10.1.